The van der Waals surface area contributed by atoms with Crippen LogP contribution in [0.1, 0.15) is 45.4 Å². The van der Waals surface area contributed by atoms with Gasteiger partial charge in [-0.25, -0.2) is 0 Å². The van der Waals surface area contributed by atoms with E-state index >= 15 is 0 Å². The molecule has 5 heteroatoms. The number of hydrogen-bond acceptors (Lipinski definition) is 3. The first-order chi connectivity index (χ1) is 9.51. The molecule has 0 aromatic carbocycles. The number of hydrogen-bond donors (Lipinski definition) is 1. The average molecular weight is 281 g/mol. The van der Waals surface area contributed by atoms with E-state index in [1.807, 2.05) is 11.8 Å². The van der Waals surface area contributed by atoms with Gasteiger partial charge in [0.25, 0.3) is 0 Å². The van der Waals surface area contributed by atoms with E-state index in [4.69, 9.17) is 4.74 Å². The highest BCUT2D eigenvalue weighted by atomic mass is 16.5. The van der Waals surface area contributed by atoms with E-state index in [2.05, 4.69) is 0 Å². The van der Waals surface area contributed by atoms with Crippen molar-refractivity contribution in [3.05, 3.63) is 0 Å². The van der Waals surface area contributed by atoms with E-state index in [0.29, 0.717) is 19.4 Å². The largest absolute Gasteiger partial charge is 0.481 e. The summed E-state index contributed by atoms with van der Waals surface area (Å²) < 4.78 is 5.75. The fourth-order valence-electron chi connectivity index (χ4n) is 3.48. The van der Waals surface area contributed by atoms with Crippen LogP contribution in [0.5, 0.6) is 0 Å². The van der Waals surface area contributed by atoms with Crippen LogP contribution in [0.25, 0.3) is 0 Å². The molecule has 5 nitrogen and oxygen atoms in total. The molecular formula is C15H23NO4. The minimum Gasteiger partial charge on any atom is -0.481 e. The monoisotopic (exact) mass is 281 g/mol. The van der Waals surface area contributed by atoms with Crippen molar-refractivity contribution in [3.63, 3.8) is 0 Å². The number of likely N-dealkylation sites (tertiary alicyclic amines) is 1. The Balaban J connectivity index is 1.76. The number of carboxylic acid groups (broad SMARTS) is 1. The molecule has 1 saturated carbocycles. The van der Waals surface area contributed by atoms with Crippen molar-refractivity contribution in [2.24, 2.45) is 11.3 Å². The highest BCUT2D eigenvalue weighted by Gasteiger charge is 2.51. The summed E-state index contributed by atoms with van der Waals surface area (Å²) in [6.07, 6.45) is 5.02. The first-order valence-corrected chi connectivity index (χ1v) is 7.67. The lowest BCUT2D eigenvalue weighted by Crippen LogP contribution is -2.54. The maximum atomic E-state index is 12.6. The van der Waals surface area contributed by atoms with Crippen LogP contribution >= 0.6 is 0 Å². The minimum atomic E-state index is -0.738. The molecule has 3 unspecified atom stereocenters. The summed E-state index contributed by atoms with van der Waals surface area (Å²) in [5, 5.41) is 9.25. The van der Waals surface area contributed by atoms with Gasteiger partial charge in [-0.1, -0.05) is 6.92 Å². The predicted molar refractivity (Wildman–Crippen MR) is 72.2 cm³/mol. The Morgan fingerprint density at radius 2 is 2.05 bits per heavy atom. The molecular weight excluding hydrogens is 258 g/mol. The Morgan fingerprint density at radius 1 is 1.30 bits per heavy atom. The Labute approximate surface area is 119 Å². The van der Waals surface area contributed by atoms with E-state index in [-0.39, 0.29) is 29.4 Å². The first-order valence-electron chi connectivity index (χ1n) is 7.67. The fraction of sp³-hybridized carbons (Fsp3) is 0.867. The van der Waals surface area contributed by atoms with Crippen molar-refractivity contribution in [3.8, 4) is 0 Å². The van der Waals surface area contributed by atoms with Crippen molar-refractivity contribution in [2.75, 3.05) is 13.2 Å². The lowest BCUT2D eigenvalue weighted by Gasteiger charge is -2.42. The van der Waals surface area contributed by atoms with Crippen LogP contribution < -0.4 is 0 Å². The number of carbonyl (C=O) groups excluding carboxylic acids is 1. The Morgan fingerprint density at radius 3 is 2.60 bits per heavy atom. The first kappa shape index (κ1) is 13.9. The van der Waals surface area contributed by atoms with Gasteiger partial charge >= 0.3 is 5.97 Å². The lowest BCUT2D eigenvalue weighted by molar-refractivity contribution is -0.152. The van der Waals surface area contributed by atoms with Crippen LogP contribution in [-0.2, 0) is 14.3 Å². The number of carboxylic acids is 1. The van der Waals surface area contributed by atoms with E-state index in [0.717, 1.165) is 32.3 Å². The molecule has 0 spiro atoms. The molecule has 3 aliphatic rings. The van der Waals surface area contributed by atoms with Crippen molar-refractivity contribution < 1.29 is 19.4 Å². The second kappa shape index (κ2) is 5.02. The van der Waals surface area contributed by atoms with Crippen LogP contribution in [0.3, 0.4) is 0 Å². The number of ether oxygens (including phenoxy) is 1. The van der Waals surface area contributed by atoms with Crippen molar-refractivity contribution in [2.45, 2.75) is 57.6 Å². The van der Waals surface area contributed by atoms with Gasteiger partial charge in [-0.2, -0.15) is 0 Å². The molecule has 2 aliphatic heterocycles. The molecule has 0 aromatic heterocycles. The molecule has 2 saturated heterocycles. The molecule has 3 rings (SSSR count). The standard InChI is InChI=1S/C15H23NO4/c1-15(5-6-15)14(19)16-7-4-10(13(17)18)9-11(16)12-3-2-8-20-12/h10-12H,2-9H2,1H3,(H,17,18). The number of piperidine rings is 1. The molecule has 3 fully saturated rings. The van der Waals surface area contributed by atoms with Crippen LogP contribution in [0.4, 0.5) is 0 Å². The zero-order chi connectivity index (χ0) is 14.3. The fourth-order valence-corrected chi connectivity index (χ4v) is 3.48. The summed E-state index contributed by atoms with van der Waals surface area (Å²) in [7, 11) is 0. The highest BCUT2D eigenvalue weighted by Crippen LogP contribution is 2.48. The summed E-state index contributed by atoms with van der Waals surface area (Å²) >= 11 is 0. The van der Waals surface area contributed by atoms with Gasteiger partial charge in [0.15, 0.2) is 0 Å². The predicted octanol–water partition coefficient (Wildman–Crippen LogP) is 1.66. The second-order valence-corrected chi connectivity index (χ2v) is 6.74. The number of rotatable bonds is 3. The molecule has 2 heterocycles. The van der Waals surface area contributed by atoms with Gasteiger partial charge in [0.05, 0.1) is 18.1 Å². The number of carbonyl (C=O) groups is 2. The Bertz CT molecular complexity index is 412. The average Bonchev–Trinajstić information content (AvgIpc) is 2.98. The third-order valence-corrected chi connectivity index (χ3v) is 5.17. The van der Waals surface area contributed by atoms with Crippen LogP contribution in [0.15, 0.2) is 0 Å². The topological polar surface area (TPSA) is 66.8 Å². The molecule has 1 amide bonds. The van der Waals surface area contributed by atoms with Gasteiger partial charge in [-0.3, -0.25) is 9.59 Å². The summed E-state index contributed by atoms with van der Waals surface area (Å²) in [6, 6.07) is -0.0442. The van der Waals surface area contributed by atoms with Gasteiger partial charge < -0.3 is 14.7 Å². The number of amides is 1. The van der Waals surface area contributed by atoms with Crippen molar-refractivity contribution in [1.29, 1.82) is 0 Å². The summed E-state index contributed by atoms with van der Waals surface area (Å²) in [6.45, 7) is 3.32. The molecule has 0 bridgehead atoms. The quantitative estimate of drug-likeness (QED) is 0.854. The van der Waals surface area contributed by atoms with Gasteiger partial charge in [0.2, 0.25) is 5.91 Å². The summed E-state index contributed by atoms with van der Waals surface area (Å²) in [5.74, 6) is -0.861. The molecule has 3 atom stereocenters. The zero-order valence-electron chi connectivity index (χ0n) is 12.0. The lowest BCUT2D eigenvalue weighted by atomic mass is 9.86. The SMILES string of the molecule is CC1(C(=O)N2CCC(C(=O)O)CC2C2CCCO2)CC1. The van der Waals surface area contributed by atoms with Gasteiger partial charge in [0, 0.05) is 18.6 Å². The van der Waals surface area contributed by atoms with E-state index < -0.39 is 5.97 Å². The third kappa shape index (κ3) is 2.43. The van der Waals surface area contributed by atoms with Crippen LogP contribution in [0, 0.1) is 11.3 Å². The molecule has 0 radical (unpaired) electrons. The van der Waals surface area contributed by atoms with Crippen molar-refractivity contribution >= 4 is 11.9 Å². The molecule has 20 heavy (non-hydrogen) atoms. The van der Waals surface area contributed by atoms with Gasteiger partial charge in [0.1, 0.15) is 0 Å². The van der Waals surface area contributed by atoms with E-state index in [9.17, 15) is 14.7 Å². The number of nitrogens with zero attached hydrogens (tertiary/aromatic N) is 1. The van der Waals surface area contributed by atoms with Gasteiger partial charge in [-0.15, -0.1) is 0 Å². The Kier molecular flexibility index (Phi) is 3.48. The maximum Gasteiger partial charge on any atom is 0.306 e. The van der Waals surface area contributed by atoms with Crippen molar-refractivity contribution in [1.82, 2.24) is 4.90 Å². The molecule has 1 N–H and O–H groups in total. The third-order valence-electron chi connectivity index (χ3n) is 5.17. The molecule has 0 aromatic rings. The second-order valence-electron chi connectivity index (χ2n) is 6.74. The van der Waals surface area contributed by atoms with E-state index in [1.54, 1.807) is 0 Å². The summed E-state index contributed by atoms with van der Waals surface area (Å²) in [4.78, 5) is 25.8. The van der Waals surface area contributed by atoms with Gasteiger partial charge in [-0.05, 0) is 38.5 Å². The van der Waals surface area contributed by atoms with Crippen LogP contribution in [0.2, 0.25) is 0 Å². The minimum absolute atomic E-state index is 0.0310. The van der Waals surface area contributed by atoms with E-state index in [1.165, 1.54) is 0 Å². The van der Waals surface area contributed by atoms with Crippen LogP contribution in [-0.4, -0.2) is 47.2 Å². The smallest absolute Gasteiger partial charge is 0.306 e. The zero-order valence-corrected chi connectivity index (χ0v) is 12.0. The highest BCUT2D eigenvalue weighted by molar-refractivity contribution is 5.85. The molecule has 1 aliphatic carbocycles. The number of aliphatic carboxylic acids is 1. The Hall–Kier alpha value is -1.10. The molecule has 112 valence electrons. The summed E-state index contributed by atoms with van der Waals surface area (Å²) in [5.41, 5.74) is -0.188. The maximum absolute atomic E-state index is 12.6. The normalized spacial score (nSPS) is 35.9.